The summed E-state index contributed by atoms with van der Waals surface area (Å²) in [5.41, 5.74) is -0.770. The molecule has 1 aromatic carbocycles. The van der Waals surface area contributed by atoms with E-state index < -0.39 is 17.7 Å². The van der Waals surface area contributed by atoms with Crippen LogP contribution in [0.25, 0.3) is 0 Å². The smallest absolute Gasteiger partial charge is 0.476 e. The number of carbonyl (C=O) groups excluding carboxylic acids is 1. The molecule has 0 bridgehead atoms. The molecule has 1 N–H and O–H groups in total. The van der Waals surface area contributed by atoms with Crippen molar-refractivity contribution in [1.29, 1.82) is 0 Å². The zero-order valence-corrected chi connectivity index (χ0v) is 10.9. The van der Waals surface area contributed by atoms with Crippen molar-refractivity contribution in [2.75, 3.05) is 0 Å². The number of oxime groups is 1. The first kappa shape index (κ1) is 14.7. The highest BCUT2D eigenvalue weighted by Gasteiger charge is 2.19. The Morgan fingerprint density at radius 3 is 2.21 bits per heavy atom. The van der Waals surface area contributed by atoms with Crippen molar-refractivity contribution in [2.24, 2.45) is 5.16 Å². The number of nitrogens with zero attached hydrogens (tertiary/aromatic N) is 1. The van der Waals surface area contributed by atoms with Crippen LogP contribution >= 0.6 is 0 Å². The molecule has 0 aliphatic heterocycles. The Bertz CT molecular complexity index is 488. The minimum Gasteiger partial charge on any atom is -0.476 e. The maximum absolute atomic E-state index is 11.3. The fraction of sp³-hybridized carbons (Fsp3) is 0.308. The number of carbonyl (C=O) groups is 2. The van der Waals surface area contributed by atoms with Crippen LogP contribution in [0.15, 0.2) is 35.5 Å². The summed E-state index contributed by atoms with van der Waals surface area (Å²) in [7, 11) is 0. The van der Waals surface area contributed by atoms with E-state index in [2.05, 4.69) is 9.99 Å². The molecule has 0 saturated heterocycles. The molecule has 0 atom stereocenters. The van der Waals surface area contributed by atoms with E-state index in [0.717, 1.165) is 0 Å². The number of carboxylic acids is 1. The molecule has 0 aliphatic rings. The standard InChI is InChI=1S/C13H15NO5/c1-13(2,3)18-12(17)19-14-10(11(15)16)9-7-5-4-6-8-9/h4-8H,1-3H3,(H,15,16). The molecule has 0 aromatic heterocycles. The van der Waals surface area contributed by atoms with Crippen LogP contribution in [0.1, 0.15) is 26.3 Å². The molecule has 102 valence electrons. The van der Waals surface area contributed by atoms with Crippen molar-refractivity contribution in [3.63, 3.8) is 0 Å². The summed E-state index contributed by atoms with van der Waals surface area (Å²) < 4.78 is 4.84. The van der Waals surface area contributed by atoms with Gasteiger partial charge in [0.15, 0.2) is 5.71 Å². The highest BCUT2D eigenvalue weighted by Crippen LogP contribution is 2.09. The zero-order valence-electron chi connectivity index (χ0n) is 10.9. The first-order valence-corrected chi connectivity index (χ1v) is 5.56. The van der Waals surface area contributed by atoms with Crippen molar-refractivity contribution in [1.82, 2.24) is 0 Å². The van der Waals surface area contributed by atoms with Gasteiger partial charge in [0.05, 0.1) is 0 Å². The molecule has 0 spiro atoms. The highest BCUT2D eigenvalue weighted by molar-refractivity contribution is 6.42. The summed E-state index contributed by atoms with van der Waals surface area (Å²) in [4.78, 5) is 26.7. The van der Waals surface area contributed by atoms with Crippen LogP contribution in [-0.4, -0.2) is 28.5 Å². The largest absolute Gasteiger partial charge is 0.535 e. The maximum Gasteiger partial charge on any atom is 0.535 e. The lowest BCUT2D eigenvalue weighted by atomic mass is 10.1. The second-order valence-electron chi connectivity index (χ2n) is 4.67. The summed E-state index contributed by atoms with van der Waals surface area (Å²) in [5, 5.41) is 12.3. The monoisotopic (exact) mass is 265 g/mol. The van der Waals surface area contributed by atoms with Gasteiger partial charge in [-0.1, -0.05) is 35.5 Å². The quantitative estimate of drug-likeness (QED) is 0.392. The van der Waals surface area contributed by atoms with Crippen molar-refractivity contribution in [2.45, 2.75) is 26.4 Å². The fourth-order valence-corrected chi connectivity index (χ4v) is 1.16. The molecule has 0 saturated carbocycles. The van der Waals surface area contributed by atoms with Gasteiger partial charge >= 0.3 is 12.1 Å². The third kappa shape index (κ3) is 5.20. The molecule has 0 amide bonds. The van der Waals surface area contributed by atoms with Crippen molar-refractivity contribution >= 4 is 17.8 Å². The SMILES string of the molecule is CC(C)(C)OC(=O)ON=C(C(=O)O)c1ccccc1. The topological polar surface area (TPSA) is 85.2 Å². The first-order chi connectivity index (χ1) is 8.79. The summed E-state index contributed by atoms with van der Waals surface area (Å²) in [6.07, 6.45) is -1.05. The number of rotatable bonds is 3. The molecule has 1 rings (SSSR count). The van der Waals surface area contributed by atoms with Gasteiger partial charge in [0.2, 0.25) is 0 Å². The van der Waals surface area contributed by atoms with Crippen molar-refractivity contribution in [3.05, 3.63) is 35.9 Å². The number of carboxylic acid groups (broad SMARTS) is 1. The fourth-order valence-electron chi connectivity index (χ4n) is 1.16. The van der Waals surface area contributed by atoms with Gasteiger partial charge in [-0.25, -0.2) is 9.59 Å². The van der Waals surface area contributed by atoms with Gasteiger partial charge in [-0.05, 0) is 20.8 Å². The average Bonchev–Trinajstić information content (AvgIpc) is 2.27. The van der Waals surface area contributed by atoms with Gasteiger partial charge < -0.3 is 9.84 Å². The molecule has 1 aromatic rings. The van der Waals surface area contributed by atoms with E-state index in [1.807, 2.05) is 0 Å². The Hall–Kier alpha value is -2.37. The second-order valence-corrected chi connectivity index (χ2v) is 4.67. The third-order valence-electron chi connectivity index (χ3n) is 1.85. The minimum atomic E-state index is -1.30. The zero-order chi connectivity index (χ0) is 14.5. The van der Waals surface area contributed by atoms with E-state index in [1.165, 1.54) is 0 Å². The summed E-state index contributed by atoms with van der Waals surface area (Å²) >= 11 is 0. The minimum absolute atomic E-state index is 0.332. The predicted molar refractivity (Wildman–Crippen MR) is 67.9 cm³/mol. The van der Waals surface area contributed by atoms with E-state index in [9.17, 15) is 9.59 Å². The highest BCUT2D eigenvalue weighted by atomic mass is 16.8. The van der Waals surface area contributed by atoms with Gasteiger partial charge in [0.1, 0.15) is 5.60 Å². The van der Waals surface area contributed by atoms with Crippen LogP contribution in [0.5, 0.6) is 0 Å². The van der Waals surface area contributed by atoms with Gasteiger partial charge in [-0.2, -0.15) is 0 Å². The van der Waals surface area contributed by atoms with Crippen molar-refractivity contribution in [3.8, 4) is 0 Å². The number of aliphatic carboxylic acids is 1. The summed E-state index contributed by atoms with van der Waals surface area (Å²) in [6, 6.07) is 8.14. The molecule has 0 fully saturated rings. The van der Waals surface area contributed by atoms with Gasteiger partial charge in [-0.15, -0.1) is 0 Å². The molecule has 6 nitrogen and oxygen atoms in total. The summed E-state index contributed by atoms with van der Waals surface area (Å²) in [5.74, 6) is -1.30. The molecule has 0 aliphatic carbocycles. The lowest BCUT2D eigenvalue weighted by Crippen LogP contribution is -2.24. The van der Waals surface area contributed by atoms with E-state index in [4.69, 9.17) is 9.84 Å². The van der Waals surface area contributed by atoms with E-state index in [-0.39, 0.29) is 5.71 Å². The van der Waals surface area contributed by atoms with E-state index in [0.29, 0.717) is 5.56 Å². The predicted octanol–water partition coefficient (Wildman–Crippen LogP) is 2.43. The number of benzene rings is 1. The Kier molecular flexibility index (Phi) is 4.63. The van der Waals surface area contributed by atoms with Crippen LogP contribution in [0.3, 0.4) is 0 Å². The van der Waals surface area contributed by atoms with Crippen LogP contribution < -0.4 is 0 Å². The average molecular weight is 265 g/mol. The number of hydrogen-bond acceptors (Lipinski definition) is 5. The Balaban J connectivity index is 2.82. The molecule has 6 heteroatoms. The molecule has 0 heterocycles. The molecule has 19 heavy (non-hydrogen) atoms. The number of ether oxygens (including phenoxy) is 1. The van der Waals surface area contributed by atoms with E-state index in [1.54, 1.807) is 51.1 Å². The number of hydrogen-bond donors (Lipinski definition) is 1. The Labute approximate surface area is 110 Å². The maximum atomic E-state index is 11.3. The third-order valence-corrected chi connectivity index (χ3v) is 1.85. The van der Waals surface area contributed by atoms with Crippen LogP contribution in [0, 0.1) is 0 Å². The Morgan fingerprint density at radius 2 is 1.74 bits per heavy atom. The molecule has 0 radical (unpaired) electrons. The molecular formula is C13H15NO5. The second kappa shape index (κ2) is 5.99. The molecule has 0 unspecified atom stereocenters. The van der Waals surface area contributed by atoms with Crippen LogP contribution in [0.2, 0.25) is 0 Å². The summed E-state index contributed by atoms with van der Waals surface area (Å²) in [6.45, 7) is 4.98. The molecular weight excluding hydrogens is 250 g/mol. The van der Waals surface area contributed by atoms with Crippen LogP contribution in [0.4, 0.5) is 4.79 Å². The first-order valence-electron chi connectivity index (χ1n) is 5.56. The lowest BCUT2D eigenvalue weighted by molar-refractivity contribution is -0.129. The van der Waals surface area contributed by atoms with Gasteiger partial charge in [-0.3, -0.25) is 4.84 Å². The van der Waals surface area contributed by atoms with Gasteiger partial charge in [0, 0.05) is 5.56 Å². The Morgan fingerprint density at radius 1 is 1.16 bits per heavy atom. The van der Waals surface area contributed by atoms with E-state index >= 15 is 0 Å². The lowest BCUT2D eigenvalue weighted by Gasteiger charge is -2.17. The van der Waals surface area contributed by atoms with Crippen LogP contribution in [-0.2, 0) is 14.4 Å². The van der Waals surface area contributed by atoms with Crippen molar-refractivity contribution < 1.29 is 24.3 Å². The normalized spacial score (nSPS) is 11.8. The van der Waals surface area contributed by atoms with Gasteiger partial charge in [0.25, 0.3) is 0 Å².